The van der Waals surface area contributed by atoms with Gasteiger partial charge in [0.2, 0.25) is 0 Å². The van der Waals surface area contributed by atoms with Crippen molar-refractivity contribution in [1.82, 2.24) is 4.98 Å². The normalized spacial score (nSPS) is 18.5. The van der Waals surface area contributed by atoms with E-state index in [0.717, 1.165) is 15.7 Å². The van der Waals surface area contributed by atoms with Gasteiger partial charge in [0.05, 0.1) is 6.61 Å². The molecule has 1 aromatic heterocycles. The van der Waals surface area contributed by atoms with E-state index in [1.165, 1.54) is 0 Å². The third-order valence-corrected chi connectivity index (χ3v) is 4.88. The number of anilines is 2. The number of carbonyl (C=O) groups is 1. The van der Waals surface area contributed by atoms with Crippen molar-refractivity contribution >= 4 is 33.4 Å². The number of aromatic nitrogens is 1. The van der Waals surface area contributed by atoms with Crippen molar-refractivity contribution in [2.24, 2.45) is 0 Å². The first kappa shape index (κ1) is 18.8. The lowest BCUT2D eigenvalue weighted by Crippen LogP contribution is -2.25. The van der Waals surface area contributed by atoms with Crippen molar-refractivity contribution in [3.8, 4) is 0 Å². The van der Waals surface area contributed by atoms with Crippen molar-refractivity contribution in [2.75, 3.05) is 18.5 Å². The minimum atomic E-state index is -0.643. The Labute approximate surface area is 161 Å². The molecule has 138 valence electrons. The minimum Gasteiger partial charge on any atom is -0.459 e. The van der Waals surface area contributed by atoms with Gasteiger partial charge in [0.15, 0.2) is 5.79 Å². The van der Waals surface area contributed by atoms with Gasteiger partial charge in [-0.05, 0) is 50.6 Å². The van der Waals surface area contributed by atoms with Crippen molar-refractivity contribution in [1.29, 1.82) is 0 Å². The predicted molar refractivity (Wildman–Crippen MR) is 102 cm³/mol. The molecule has 1 saturated heterocycles. The van der Waals surface area contributed by atoms with Crippen LogP contribution in [-0.2, 0) is 14.2 Å². The summed E-state index contributed by atoms with van der Waals surface area (Å²) in [6.07, 6.45) is 1.36. The summed E-state index contributed by atoms with van der Waals surface area (Å²) in [7, 11) is 0. The Morgan fingerprint density at radius 3 is 2.92 bits per heavy atom. The van der Waals surface area contributed by atoms with Gasteiger partial charge in [-0.3, -0.25) is 0 Å². The fraction of sp³-hybridized carbons (Fsp3) is 0.368. The molecule has 7 heteroatoms. The van der Waals surface area contributed by atoms with E-state index in [9.17, 15) is 4.79 Å². The largest absolute Gasteiger partial charge is 0.459 e. The van der Waals surface area contributed by atoms with Gasteiger partial charge in [-0.2, -0.15) is 0 Å². The molecule has 2 heterocycles. The number of carbonyl (C=O) groups excluding carboxylic acids is 1. The summed E-state index contributed by atoms with van der Waals surface area (Å²) in [5.41, 5.74) is 2.25. The van der Waals surface area contributed by atoms with Crippen LogP contribution in [0.2, 0.25) is 0 Å². The third kappa shape index (κ3) is 4.41. The number of halogens is 1. The number of hydrogen-bond acceptors (Lipinski definition) is 6. The number of rotatable bonds is 5. The zero-order valence-electron chi connectivity index (χ0n) is 14.9. The summed E-state index contributed by atoms with van der Waals surface area (Å²) in [5, 5.41) is 3.21. The van der Waals surface area contributed by atoms with Crippen molar-refractivity contribution in [3.05, 3.63) is 52.1 Å². The highest BCUT2D eigenvalue weighted by Gasteiger charge is 2.33. The van der Waals surface area contributed by atoms with E-state index in [0.29, 0.717) is 18.0 Å². The molecule has 0 bridgehead atoms. The summed E-state index contributed by atoms with van der Waals surface area (Å²) in [6, 6.07) is 9.18. The Kier molecular flexibility index (Phi) is 5.60. The van der Waals surface area contributed by atoms with Crippen LogP contribution in [0, 0.1) is 6.92 Å². The second-order valence-corrected chi connectivity index (χ2v) is 7.34. The molecule has 0 aliphatic carbocycles. The number of hydrogen-bond donors (Lipinski definition) is 1. The number of benzene rings is 1. The molecule has 1 N–H and O–H groups in total. The van der Waals surface area contributed by atoms with Gasteiger partial charge in [0, 0.05) is 16.4 Å². The van der Waals surface area contributed by atoms with Crippen LogP contribution in [0.25, 0.3) is 0 Å². The summed E-state index contributed by atoms with van der Waals surface area (Å²) in [4.78, 5) is 16.8. The molecule has 0 saturated carbocycles. The van der Waals surface area contributed by atoms with Crippen LogP contribution in [0.3, 0.4) is 0 Å². The molecule has 1 aliphatic rings. The van der Waals surface area contributed by atoms with E-state index in [1.54, 1.807) is 18.3 Å². The van der Waals surface area contributed by atoms with Gasteiger partial charge in [0.25, 0.3) is 0 Å². The second-order valence-electron chi connectivity index (χ2n) is 6.49. The highest BCUT2D eigenvalue weighted by atomic mass is 79.9. The third-order valence-electron chi connectivity index (χ3n) is 4.02. The van der Waals surface area contributed by atoms with E-state index in [2.05, 4.69) is 26.2 Å². The molecule has 1 atom stereocenters. The molecule has 0 amide bonds. The maximum atomic E-state index is 12.5. The van der Waals surface area contributed by atoms with Crippen LogP contribution < -0.4 is 5.32 Å². The SMILES string of the molecule is Cc1c(Br)cccc1Nc1ncccc1C(=O)OCC1COC(C)(C)O1. The topological polar surface area (TPSA) is 69.7 Å². The molecule has 1 aromatic carbocycles. The van der Waals surface area contributed by atoms with Gasteiger partial charge in [-0.25, -0.2) is 9.78 Å². The number of esters is 1. The molecule has 0 spiro atoms. The maximum Gasteiger partial charge on any atom is 0.342 e. The number of ether oxygens (including phenoxy) is 3. The summed E-state index contributed by atoms with van der Waals surface area (Å²) < 4.78 is 17.5. The average Bonchev–Trinajstić information content (AvgIpc) is 2.96. The average molecular weight is 421 g/mol. The lowest BCUT2D eigenvalue weighted by molar-refractivity contribution is -0.142. The van der Waals surface area contributed by atoms with Crippen LogP contribution in [0.15, 0.2) is 41.0 Å². The Balaban J connectivity index is 1.70. The van der Waals surface area contributed by atoms with Crippen LogP contribution in [0.4, 0.5) is 11.5 Å². The van der Waals surface area contributed by atoms with Crippen LogP contribution in [-0.4, -0.2) is 36.1 Å². The first-order valence-electron chi connectivity index (χ1n) is 8.32. The van der Waals surface area contributed by atoms with E-state index in [-0.39, 0.29) is 12.7 Å². The molecular weight excluding hydrogens is 400 g/mol. The van der Waals surface area contributed by atoms with E-state index in [4.69, 9.17) is 14.2 Å². The van der Waals surface area contributed by atoms with Gasteiger partial charge >= 0.3 is 5.97 Å². The highest BCUT2D eigenvalue weighted by Crippen LogP contribution is 2.27. The fourth-order valence-corrected chi connectivity index (χ4v) is 3.00. The molecular formula is C19H21BrN2O4. The Hall–Kier alpha value is -1.96. The summed E-state index contributed by atoms with van der Waals surface area (Å²) in [5.74, 6) is -0.653. The minimum absolute atomic E-state index is 0.131. The second kappa shape index (κ2) is 7.73. The zero-order valence-corrected chi connectivity index (χ0v) is 16.5. The Morgan fingerprint density at radius 1 is 1.38 bits per heavy atom. The molecule has 1 unspecified atom stereocenters. The van der Waals surface area contributed by atoms with Crippen LogP contribution in [0.1, 0.15) is 29.8 Å². The number of nitrogens with one attached hydrogen (secondary N) is 1. The summed E-state index contributed by atoms with van der Waals surface area (Å²) in [6.45, 7) is 6.17. The van der Waals surface area contributed by atoms with Crippen LogP contribution >= 0.6 is 15.9 Å². The van der Waals surface area contributed by atoms with Crippen LogP contribution in [0.5, 0.6) is 0 Å². The first-order valence-corrected chi connectivity index (χ1v) is 9.11. The molecule has 26 heavy (non-hydrogen) atoms. The molecule has 1 fully saturated rings. The summed E-state index contributed by atoms with van der Waals surface area (Å²) >= 11 is 3.50. The van der Waals surface area contributed by atoms with Gasteiger partial charge in [-0.15, -0.1) is 0 Å². The maximum absolute atomic E-state index is 12.5. The number of nitrogens with zero attached hydrogens (tertiary/aromatic N) is 1. The van der Waals surface area contributed by atoms with Gasteiger partial charge in [0.1, 0.15) is 24.1 Å². The van der Waals surface area contributed by atoms with Crippen molar-refractivity contribution < 1.29 is 19.0 Å². The van der Waals surface area contributed by atoms with Gasteiger partial charge < -0.3 is 19.5 Å². The van der Waals surface area contributed by atoms with Crippen molar-refractivity contribution in [2.45, 2.75) is 32.7 Å². The predicted octanol–water partition coefficient (Wildman–Crippen LogP) is 4.20. The monoisotopic (exact) mass is 420 g/mol. The highest BCUT2D eigenvalue weighted by molar-refractivity contribution is 9.10. The first-order chi connectivity index (χ1) is 12.4. The zero-order chi connectivity index (χ0) is 18.7. The van der Waals surface area contributed by atoms with E-state index in [1.807, 2.05) is 39.0 Å². The standard InChI is InChI=1S/C19H21BrN2O4/c1-12-15(20)7-4-8-16(12)22-17-14(6-5-9-21-17)18(23)24-10-13-11-25-19(2,3)26-13/h4-9,13H,10-11H2,1-3H3,(H,21,22). The fourth-order valence-electron chi connectivity index (χ4n) is 2.63. The smallest absolute Gasteiger partial charge is 0.342 e. The Bertz CT molecular complexity index is 810. The van der Waals surface area contributed by atoms with E-state index < -0.39 is 11.8 Å². The van der Waals surface area contributed by atoms with Gasteiger partial charge in [-0.1, -0.05) is 22.0 Å². The van der Waals surface area contributed by atoms with Crippen molar-refractivity contribution in [3.63, 3.8) is 0 Å². The molecule has 2 aromatic rings. The van der Waals surface area contributed by atoms with E-state index >= 15 is 0 Å². The molecule has 0 radical (unpaired) electrons. The lowest BCUT2D eigenvalue weighted by atomic mass is 10.2. The number of pyridine rings is 1. The Morgan fingerprint density at radius 2 is 2.19 bits per heavy atom. The lowest BCUT2D eigenvalue weighted by Gasteiger charge is -2.17. The molecule has 6 nitrogen and oxygen atoms in total. The quantitative estimate of drug-likeness (QED) is 0.730. The molecule has 3 rings (SSSR count). The molecule has 1 aliphatic heterocycles.